The van der Waals surface area contributed by atoms with Crippen LogP contribution in [0.3, 0.4) is 0 Å². The van der Waals surface area contributed by atoms with Crippen LogP contribution in [0.25, 0.3) is 11.0 Å². The number of rotatable bonds is 6. The summed E-state index contributed by atoms with van der Waals surface area (Å²) < 4.78 is 0. The van der Waals surface area contributed by atoms with Gasteiger partial charge in [-0.25, -0.2) is 14.8 Å². The van der Waals surface area contributed by atoms with Crippen LogP contribution in [-0.2, 0) is 17.6 Å². The van der Waals surface area contributed by atoms with Gasteiger partial charge in [0.2, 0.25) is 5.95 Å². The average Bonchev–Trinajstić information content (AvgIpc) is 2.61. The lowest BCUT2D eigenvalue weighted by Crippen LogP contribution is -2.32. The Morgan fingerprint density at radius 1 is 1.08 bits per heavy atom. The SMILES string of the molecule is Nc1nc(N)c2cnc(CC(Cc3ccccc3)C(O)C(=O)O)nc2n1. The molecule has 0 aliphatic rings. The van der Waals surface area contributed by atoms with Crippen LogP contribution < -0.4 is 11.5 Å². The Morgan fingerprint density at radius 3 is 2.50 bits per heavy atom. The van der Waals surface area contributed by atoms with Crippen molar-refractivity contribution in [2.75, 3.05) is 11.5 Å². The molecule has 0 aliphatic heterocycles. The van der Waals surface area contributed by atoms with Gasteiger partial charge in [-0.15, -0.1) is 0 Å². The number of nitrogens with zero attached hydrogens (tertiary/aromatic N) is 4. The molecule has 134 valence electrons. The summed E-state index contributed by atoms with van der Waals surface area (Å²) in [4.78, 5) is 27.6. The molecule has 9 heteroatoms. The van der Waals surface area contributed by atoms with E-state index in [0.29, 0.717) is 17.6 Å². The van der Waals surface area contributed by atoms with Gasteiger partial charge in [0.25, 0.3) is 0 Å². The van der Waals surface area contributed by atoms with Crippen LogP contribution in [0.2, 0.25) is 0 Å². The van der Waals surface area contributed by atoms with Crippen LogP contribution in [-0.4, -0.2) is 42.2 Å². The Bertz CT molecular complexity index is 934. The topological polar surface area (TPSA) is 161 Å². The van der Waals surface area contributed by atoms with E-state index in [1.807, 2.05) is 30.3 Å². The predicted octanol–water partition coefficient (Wildman–Crippen LogP) is 0.431. The monoisotopic (exact) mass is 354 g/mol. The highest BCUT2D eigenvalue weighted by atomic mass is 16.4. The number of aliphatic carboxylic acids is 1. The lowest BCUT2D eigenvalue weighted by molar-refractivity contribution is -0.149. The van der Waals surface area contributed by atoms with Gasteiger partial charge in [-0.3, -0.25) is 0 Å². The van der Waals surface area contributed by atoms with Crippen LogP contribution in [0, 0.1) is 5.92 Å². The van der Waals surface area contributed by atoms with E-state index in [0.717, 1.165) is 5.56 Å². The lowest BCUT2D eigenvalue weighted by Gasteiger charge is -2.19. The van der Waals surface area contributed by atoms with E-state index in [9.17, 15) is 15.0 Å². The molecule has 0 aliphatic carbocycles. The number of hydrogen-bond acceptors (Lipinski definition) is 8. The van der Waals surface area contributed by atoms with Crippen molar-refractivity contribution in [2.45, 2.75) is 18.9 Å². The molecule has 0 bridgehead atoms. The van der Waals surface area contributed by atoms with Crippen molar-refractivity contribution in [3.05, 3.63) is 47.9 Å². The molecule has 2 atom stereocenters. The van der Waals surface area contributed by atoms with E-state index < -0.39 is 18.0 Å². The van der Waals surface area contributed by atoms with Gasteiger partial charge in [0, 0.05) is 18.5 Å². The predicted molar refractivity (Wildman–Crippen MR) is 94.9 cm³/mol. The average molecular weight is 354 g/mol. The third kappa shape index (κ3) is 3.83. The van der Waals surface area contributed by atoms with Gasteiger partial charge in [-0.1, -0.05) is 30.3 Å². The van der Waals surface area contributed by atoms with Gasteiger partial charge in [-0.05, 0) is 12.0 Å². The Morgan fingerprint density at radius 2 is 1.81 bits per heavy atom. The minimum absolute atomic E-state index is 0.00828. The van der Waals surface area contributed by atoms with Crippen molar-refractivity contribution in [3.63, 3.8) is 0 Å². The zero-order valence-corrected chi connectivity index (χ0v) is 13.8. The van der Waals surface area contributed by atoms with Crippen molar-refractivity contribution in [3.8, 4) is 0 Å². The Hall–Kier alpha value is -3.33. The van der Waals surface area contributed by atoms with E-state index in [2.05, 4.69) is 19.9 Å². The first-order chi connectivity index (χ1) is 12.4. The number of nitrogen functional groups attached to an aromatic ring is 2. The van der Waals surface area contributed by atoms with Crippen LogP contribution in [0.15, 0.2) is 36.5 Å². The highest BCUT2D eigenvalue weighted by Gasteiger charge is 2.27. The molecule has 2 unspecified atom stereocenters. The zero-order chi connectivity index (χ0) is 18.7. The van der Waals surface area contributed by atoms with E-state index in [1.165, 1.54) is 6.20 Å². The lowest BCUT2D eigenvalue weighted by atomic mass is 9.90. The third-order valence-corrected chi connectivity index (χ3v) is 4.03. The molecule has 0 fully saturated rings. The van der Waals surface area contributed by atoms with Gasteiger partial charge in [-0.2, -0.15) is 9.97 Å². The molecule has 0 saturated heterocycles. The Kier molecular flexibility index (Phi) is 4.90. The number of aromatic nitrogens is 4. The molecule has 0 spiro atoms. The highest BCUT2D eigenvalue weighted by Crippen LogP contribution is 2.20. The van der Waals surface area contributed by atoms with Crippen molar-refractivity contribution < 1.29 is 15.0 Å². The van der Waals surface area contributed by atoms with E-state index in [1.54, 1.807) is 0 Å². The summed E-state index contributed by atoms with van der Waals surface area (Å²) in [6.07, 6.45) is 0.445. The fourth-order valence-electron chi connectivity index (χ4n) is 2.74. The summed E-state index contributed by atoms with van der Waals surface area (Å²) >= 11 is 0. The van der Waals surface area contributed by atoms with Gasteiger partial charge in [0.15, 0.2) is 11.8 Å². The molecular formula is C17H18N6O3. The normalized spacial score (nSPS) is 13.4. The van der Waals surface area contributed by atoms with Crippen LogP contribution in [0.5, 0.6) is 0 Å². The number of anilines is 2. The van der Waals surface area contributed by atoms with Crippen molar-refractivity contribution in [1.29, 1.82) is 0 Å². The fraction of sp³-hybridized carbons (Fsp3) is 0.235. The summed E-state index contributed by atoms with van der Waals surface area (Å²) in [5.41, 5.74) is 12.5. The molecule has 0 saturated carbocycles. The molecule has 0 amide bonds. The molecular weight excluding hydrogens is 336 g/mol. The zero-order valence-electron chi connectivity index (χ0n) is 13.8. The summed E-state index contributed by atoms with van der Waals surface area (Å²) in [5.74, 6) is -1.39. The molecule has 0 radical (unpaired) electrons. The van der Waals surface area contributed by atoms with Crippen molar-refractivity contribution >= 4 is 28.8 Å². The van der Waals surface area contributed by atoms with Gasteiger partial charge in [0.05, 0.1) is 5.39 Å². The summed E-state index contributed by atoms with van der Waals surface area (Å²) in [6.45, 7) is 0. The molecule has 9 nitrogen and oxygen atoms in total. The molecule has 26 heavy (non-hydrogen) atoms. The summed E-state index contributed by atoms with van der Waals surface area (Å²) in [6, 6.07) is 9.32. The maximum absolute atomic E-state index is 11.3. The summed E-state index contributed by atoms with van der Waals surface area (Å²) in [5, 5.41) is 19.8. The molecule has 3 rings (SSSR count). The number of benzene rings is 1. The quantitative estimate of drug-likeness (QED) is 0.492. The number of carboxylic acids is 1. The van der Waals surface area contributed by atoms with Crippen molar-refractivity contribution in [1.82, 2.24) is 19.9 Å². The second-order valence-electron chi connectivity index (χ2n) is 5.93. The van der Waals surface area contributed by atoms with Gasteiger partial charge >= 0.3 is 5.97 Å². The smallest absolute Gasteiger partial charge is 0.332 e. The number of fused-ring (bicyclic) bond motifs is 1. The van der Waals surface area contributed by atoms with Crippen molar-refractivity contribution in [2.24, 2.45) is 5.92 Å². The number of nitrogens with two attached hydrogens (primary N) is 2. The van der Waals surface area contributed by atoms with Crippen LogP contribution >= 0.6 is 0 Å². The first-order valence-electron chi connectivity index (χ1n) is 7.93. The van der Waals surface area contributed by atoms with Crippen LogP contribution in [0.1, 0.15) is 11.4 Å². The third-order valence-electron chi connectivity index (χ3n) is 4.03. The van der Waals surface area contributed by atoms with E-state index in [4.69, 9.17) is 11.5 Å². The second-order valence-corrected chi connectivity index (χ2v) is 5.93. The van der Waals surface area contributed by atoms with E-state index >= 15 is 0 Å². The van der Waals surface area contributed by atoms with E-state index in [-0.39, 0.29) is 23.8 Å². The minimum Gasteiger partial charge on any atom is -0.479 e. The highest BCUT2D eigenvalue weighted by molar-refractivity contribution is 5.85. The first kappa shape index (κ1) is 17.5. The minimum atomic E-state index is -1.55. The number of hydrogen-bond donors (Lipinski definition) is 4. The number of aliphatic hydroxyl groups is 1. The first-order valence-corrected chi connectivity index (χ1v) is 7.93. The van der Waals surface area contributed by atoms with Gasteiger partial charge in [0.1, 0.15) is 11.6 Å². The largest absolute Gasteiger partial charge is 0.479 e. The Balaban J connectivity index is 1.90. The number of carbonyl (C=O) groups is 1. The maximum atomic E-state index is 11.3. The number of carboxylic acid groups (broad SMARTS) is 1. The van der Waals surface area contributed by atoms with Gasteiger partial charge < -0.3 is 21.7 Å². The standard InChI is InChI=1S/C17H18N6O3/c18-14-11-8-20-12(21-15(11)23-17(19)22-14)7-10(13(24)16(25)26)6-9-4-2-1-3-5-9/h1-5,8,10,13,24H,6-7H2,(H,25,26)(H4,18,19,20,21,22,23). The summed E-state index contributed by atoms with van der Waals surface area (Å²) in [7, 11) is 0. The second kappa shape index (κ2) is 7.28. The molecule has 3 aromatic rings. The molecule has 2 heterocycles. The molecule has 2 aromatic heterocycles. The number of aliphatic hydroxyl groups excluding tert-OH is 1. The van der Waals surface area contributed by atoms with Crippen LogP contribution in [0.4, 0.5) is 11.8 Å². The maximum Gasteiger partial charge on any atom is 0.332 e. The molecule has 6 N–H and O–H groups in total. The fourth-order valence-corrected chi connectivity index (χ4v) is 2.74. The molecule has 1 aromatic carbocycles. The Labute approximate surface area is 148 Å².